The van der Waals surface area contributed by atoms with Gasteiger partial charge in [-0.1, -0.05) is 18.2 Å². The molecule has 0 aliphatic rings. The number of nitrogens with one attached hydrogen (secondary N) is 1. The fourth-order valence-corrected chi connectivity index (χ4v) is 3.38. The molecule has 1 unspecified atom stereocenters. The maximum absolute atomic E-state index is 12.3. The molecular weight excluding hydrogens is 400 g/mol. The summed E-state index contributed by atoms with van der Waals surface area (Å²) in [4.78, 5) is 48.5. The molecule has 0 radical (unpaired) electrons. The molecule has 0 fully saturated rings. The molecule has 3 N–H and O–H groups in total. The number of carbonyl (C=O) groups is 4. The number of nitrogens with two attached hydrogens (primary N) is 1. The molecule has 1 amide bonds. The minimum absolute atomic E-state index is 0.0270. The standard InChI is InChI=1S/C19H20N2O7S/c1-10(21-16(22)11-7-5-4-6-8-11)17(23)28-9-12-13(18(24)26-2)15(20)29-14(12)19(25)27-3/h4-8,10H,9,20H2,1-3H3,(H,21,22). The number of hydrogen-bond acceptors (Lipinski definition) is 9. The molecule has 2 rings (SSSR count). The second-order valence-electron chi connectivity index (χ2n) is 5.80. The van der Waals surface area contributed by atoms with Gasteiger partial charge in [0.05, 0.1) is 14.2 Å². The van der Waals surface area contributed by atoms with Crippen LogP contribution in [0.1, 0.15) is 42.9 Å². The van der Waals surface area contributed by atoms with Gasteiger partial charge in [0, 0.05) is 11.1 Å². The summed E-state index contributed by atoms with van der Waals surface area (Å²) in [7, 11) is 2.33. The minimum atomic E-state index is -0.971. The predicted molar refractivity (Wildman–Crippen MR) is 105 cm³/mol. The fourth-order valence-electron chi connectivity index (χ4n) is 2.40. The molecule has 2 aromatic rings. The van der Waals surface area contributed by atoms with Gasteiger partial charge >= 0.3 is 17.9 Å². The lowest BCUT2D eigenvalue weighted by molar-refractivity contribution is -0.146. The van der Waals surface area contributed by atoms with Crippen LogP contribution >= 0.6 is 11.3 Å². The average molecular weight is 420 g/mol. The first kappa shape index (κ1) is 21.9. The lowest BCUT2D eigenvalue weighted by Crippen LogP contribution is -2.39. The Kier molecular flexibility index (Phi) is 7.32. The van der Waals surface area contributed by atoms with Crippen molar-refractivity contribution in [2.24, 2.45) is 0 Å². The topological polar surface area (TPSA) is 134 Å². The molecule has 0 spiro atoms. The molecule has 0 saturated carbocycles. The van der Waals surface area contributed by atoms with Gasteiger partial charge in [0.2, 0.25) is 0 Å². The Morgan fingerprint density at radius 3 is 2.28 bits per heavy atom. The smallest absolute Gasteiger partial charge is 0.348 e. The molecule has 1 heterocycles. The Bertz CT molecular complexity index is 924. The lowest BCUT2D eigenvalue weighted by Gasteiger charge is -2.14. The normalized spacial score (nSPS) is 11.3. The van der Waals surface area contributed by atoms with Gasteiger partial charge < -0.3 is 25.3 Å². The Morgan fingerprint density at radius 2 is 1.69 bits per heavy atom. The van der Waals surface area contributed by atoms with E-state index >= 15 is 0 Å². The summed E-state index contributed by atoms with van der Waals surface area (Å²) in [5.74, 6) is -2.70. The number of amides is 1. The number of hydrogen-bond donors (Lipinski definition) is 2. The number of anilines is 1. The Hall–Kier alpha value is -3.40. The van der Waals surface area contributed by atoms with E-state index in [1.807, 2.05) is 0 Å². The molecule has 0 aliphatic heterocycles. The molecule has 9 nitrogen and oxygen atoms in total. The van der Waals surface area contributed by atoms with Crippen LogP contribution in [0.2, 0.25) is 0 Å². The molecule has 1 aromatic heterocycles. The van der Waals surface area contributed by atoms with Gasteiger partial charge in [-0.05, 0) is 19.1 Å². The van der Waals surface area contributed by atoms with E-state index in [0.717, 1.165) is 18.4 Å². The van der Waals surface area contributed by atoms with Gasteiger partial charge in [0.15, 0.2) is 0 Å². The van der Waals surface area contributed by atoms with Gasteiger partial charge in [-0.3, -0.25) is 4.79 Å². The molecule has 154 valence electrons. The fraction of sp³-hybridized carbons (Fsp3) is 0.263. The Labute approximate surface area is 170 Å². The third-order valence-corrected chi connectivity index (χ3v) is 4.93. The van der Waals surface area contributed by atoms with E-state index in [2.05, 4.69) is 14.8 Å². The minimum Gasteiger partial charge on any atom is -0.465 e. The van der Waals surface area contributed by atoms with Crippen molar-refractivity contribution < 1.29 is 33.4 Å². The van der Waals surface area contributed by atoms with Crippen molar-refractivity contribution in [2.75, 3.05) is 20.0 Å². The summed E-state index contributed by atoms with van der Waals surface area (Å²) >= 11 is 0.827. The van der Waals surface area contributed by atoms with E-state index in [4.69, 9.17) is 10.5 Å². The first-order valence-electron chi connectivity index (χ1n) is 8.40. The van der Waals surface area contributed by atoms with Crippen LogP contribution in [0.15, 0.2) is 30.3 Å². The van der Waals surface area contributed by atoms with E-state index in [-0.39, 0.29) is 21.0 Å². The molecular formula is C19H20N2O7S. The number of thiophene rings is 1. The van der Waals surface area contributed by atoms with Crippen LogP contribution in [0.25, 0.3) is 0 Å². The van der Waals surface area contributed by atoms with Crippen molar-refractivity contribution in [2.45, 2.75) is 19.6 Å². The van der Waals surface area contributed by atoms with Crippen molar-refractivity contribution in [3.63, 3.8) is 0 Å². The van der Waals surface area contributed by atoms with Crippen molar-refractivity contribution >= 4 is 40.2 Å². The predicted octanol–water partition coefficient (Wildman–Crippen LogP) is 1.77. The number of benzene rings is 1. The maximum Gasteiger partial charge on any atom is 0.348 e. The molecule has 10 heteroatoms. The molecule has 0 saturated heterocycles. The van der Waals surface area contributed by atoms with Gasteiger partial charge in [-0.15, -0.1) is 11.3 Å². The second-order valence-corrected chi connectivity index (χ2v) is 6.85. The Balaban J connectivity index is 2.13. The molecule has 0 bridgehead atoms. The maximum atomic E-state index is 12.3. The summed E-state index contributed by atoms with van der Waals surface area (Å²) in [6, 6.07) is 7.39. The van der Waals surface area contributed by atoms with Crippen LogP contribution in [-0.4, -0.2) is 44.1 Å². The van der Waals surface area contributed by atoms with Crippen molar-refractivity contribution in [3.05, 3.63) is 51.9 Å². The first-order chi connectivity index (χ1) is 13.8. The lowest BCUT2D eigenvalue weighted by atomic mass is 10.1. The van der Waals surface area contributed by atoms with E-state index < -0.39 is 36.5 Å². The summed E-state index contributed by atoms with van der Waals surface area (Å²) in [5, 5.41) is 2.55. The van der Waals surface area contributed by atoms with Crippen LogP contribution in [0, 0.1) is 0 Å². The van der Waals surface area contributed by atoms with Crippen LogP contribution < -0.4 is 11.1 Å². The van der Waals surface area contributed by atoms with Gasteiger partial charge in [0.25, 0.3) is 5.91 Å². The van der Waals surface area contributed by atoms with E-state index in [9.17, 15) is 19.2 Å². The molecule has 0 aliphatic carbocycles. The number of ether oxygens (including phenoxy) is 3. The third-order valence-electron chi connectivity index (χ3n) is 3.89. The van der Waals surface area contributed by atoms with Gasteiger partial charge in [-0.25, -0.2) is 14.4 Å². The highest BCUT2D eigenvalue weighted by Gasteiger charge is 2.28. The average Bonchev–Trinajstić information content (AvgIpc) is 3.07. The van der Waals surface area contributed by atoms with Gasteiger partial charge in [-0.2, -0.15) is 0 Å². The first-order valence-corrected chi connectivity index (χ1v) is 9.22. The van der Waals surface area contributed by atoms with Crippen molar-refractivity contribution in [1.29, 1.82) is 0 Å². The molecule has 29 heavy (non-hydrogen) atoms. The highest BCUT2D eigenvalue weighted by Crippen LogP contribution is 2.33. The number of carbonyl (C=O) groups excluding carboxylic acids is 4. The van der Waals surface area contributed by atoms with E-state index in [0.29, 0.717) is 5.56 Å². The summed E-state index contributed by atoms with van der Waals surface area (Å²) in [5.41, 5.74) is 6.23. The summed E-state index contributed by atoms with van der Waals surface area (Å²) in [6.07, 6.45) is 0. The highest BCUT2D eigenvalue weighted by molar-refractivity contribution is 7.18. The van der Waals surface area contributed by atoms with Crippen molar-refractivity contribution in [3.8, 4) is 0 Å². The SMILES string of the molecule is COC(=O)c1sc(N)c(C(=O)OC)c1COC(=O)C(C)NC(=O)c1ccccc1. The van der Waals surface area contributed by atoms with Crippen LogP contribution in [0.5, 0.6) is 0 Å². The third kappa shape index (κ3) is 5.11. The van der Waals surface area contributed by atoms with E-state index in [1.165, 1.54) is 14.0 Å². The number of esters is 3. The van der Waals surface area contributed by atoms with Crippen LogP contribution in [-0.2, 0) is 25.6 Å². The zero-order valence-corrected chi connectivity index (χ0v) is 16.8. The number of rotatable bonds is 7. The quantitative estimate of drug-likeness (QED) is 0.511. The van der Waals surface area contributed by atoms with Gasteiger partial charge in [0.1, 0.15) is 28.1 Å². The zero-order chi connectivity index (χ0) is 21.6. The van der Waals surface area contributed by atoms with Crippen LogP contribution in [0.4, 0.5) is 5.00 Å². The zero-order valence-electron chi connectivity index (χ0n) is 16.0. The van der Waals surface area contributed by atoms with Crippen LogP contribution in [0.3, 0.4) is 0 Å². The summed E-state index contributed by atoms with van der Waals surface area (Å²) < 4.78 is 14.6. The molecule has 1 aromatic carbocycles. The summed E-state index contributed by atoms with van der Waals surface area (Å²) in [6.45, 7) is 1.03. The monoisotopic (exact) mass is 420 g/mol. The number of methoxy groups -OCH3 is 2. The van der Waals surface area contributed by atoms with Crippen molar-refractivity contribution in [1.82, 2.24) is 5.32 Å². The largest absolute Gasteiger partial charge is 0.465 e. The second kappa shape index (κ2) is 9.69. The van der Waals surface area contributed by atoms with E-state index in [1.54, 1.807) is 30.3 Å². The highest BCUT2D eigenvalue weighted by atomic mass is 32.1. The Morgan fingerprint density at radius 1 is 1.07 bits per heavy atom. The molecule has 1 atom stereocenters. The number of nitrogen functional groups attached to an aromatic ring is 1.